The molecule has 1 rings (SSSR count). The first-order valence-corrected chi connectivity index (χ1v) is 6.54. The van der Waals surface area contributed by atoms with Gasteiger partial charge in [0.15, 0.2) is 0 Å². The largest absolute Gasteiger partial charge is 0.462 e. The maximum absolute atomic E-state index is 11.6. The number of hydrogen-bond donors (Lipinski definition) is 2. The maximum Gasteiger partial charge on any atom is 0.338 e. The fourth-order valence-electron chi connectivity index (χ4n) is 1.39. The van der Waals surface area contributed by atoms with Crippen molar-refractivity contribution in [3.05, 3.63) is 42.1 Å². The van der Waals surface area contributed by atoms with E-state index < -0.39 is 0 Å². The summed E-state index contributed by atoms with van der Waals surface area (Å²) in [5.74, 6) is 0.00234. The molecule has 1 aromatic carbocycles. The molecule has 0 bridgehead atoms. The number of urea groups is 1. The van der Waals surface area contributed by atoms with Gasteiger partial charge in [-0.3, -0.25) is 0 Å². The Hall–Kier alpha value is -2.30. The standard InChI is InChI=1S/C15H20N2O3/c1-4-20-14(18)12-5-7-13(8-6-12)17-15(19)16-10-9-11(2)3/h5-11H,4H2,1-3H3,(H2,16,17,19)/b10-9+. The quantitative estimate of drug-likeness (QED) is 0.812. The third kappa shape index (κ3) is 5.56. The topological polar surface area (TPSA) is 67.4 Å². The minimum Gasteiger partial charge on any atom is -0.462 e. The van der Waals surface area contributed by atoms with Crippen LogP contribution in [-0.2, 0) is 4.74 Å². The van der Waals surface area contributed by atoms with Crippen molar-refractivity contribution in [1.29, 1.82) is 0 Å². The Morgan fingerprint density at radius 1 is 1.25 bits per heavy atom. The van der Waals surface area contributed by atoms with Gasteiger partial charge in [-0.1, -0.05) is 19.9 Å². The second-order valence-electron chi connectivity index (χ2n) is 4.50. The van der Waals surface area contributed by atoms with E-state index in [9.17, 15) is 9.59 Å². The van der Waals surface area contributed by atoms with E-state index in [1.54, 1.807) is 37.4 Å². The Morgan fingerprint density at radius 3 is 2.45 bits per heavy atom. The van der Waals surface area contributed by atoms with Gasteiger partial charge in [-0.2, -0.15) is 0 Å². The normalized spacial score (nSPS) is 10.6. The van der Waals surface area contributed by atoms with Crippen LogP contribution in [0, 0.1) is 5.92 Å². The highest BCUT2D eigenvalue weighted by Gasteiger charge is 2.06. The van der Waals surface area contributed by atoms with Crippen LogP contribution in [0.2, 0.25) is 0 Å². The van der Waals surface area contributed by atoms with E-state index in [4.69, 9.17) is 4.74 Å². The third-order valence-corrected chi connectivity index (χ3v) is 2.35. The summed E-state index contributed by atoms with van der Waals surface area (Å²) in [5, 5.41) is 5.26. The first kappa shape index (κ1) is 15.8. The SMILES string of the molecule is CCOC(=O)c1ccc(NC(=O)N/C=C/C(C)C)cc1. The number of nitrogens with one attached hydrogen (secondary N) is 2. The van der Waals surface area contributed by atoms with Gasteiger partial charge in [-0.15, -0.1) is 0 Å². The summed E-state index contributed by atoms with van der Waals surface area (Å²) in [6.07, 6.45) is 3.48. The molecule has 0 spiro atoms. The molecule has 0 unspecified atom stereocenters. The summed E-state index contributed by atoms with van der Waals surface area (Å²) in [6.45, 7) is 6.13. The van der Waals surface area contributed by atoms with Crippen molar-refractivity contribution < 1.29 is 14.3 Å². The molecule has 20 heavy (non-hydrogen) atoms. The maximum atomic E-state index is 11.6. The average Bonchev–Trinajstić information content (AvgIpc) is 2.39. The van der Waals surface area contributed by atoms with Gasteiger partial charge in [0.25, 0.3) is 0 Å². The van der Waals surface area contributed by atoms with E-state index in [1.165, 1.54) is 0 Å². The second-order valence-corrected chi connectivity index (χ2v) is 4.50. The van der Waals surface area contributed by atoms with E-state index in [1.807, 2.05) is 19.9 Å². The molecular weight excluding hydrogens is 256 g/mol. The van der Waals surface area contributed by atoms with Crippen LogP contribution in [0.15, 0.2) is 36.5 Å². The number of rotatable bonds is 5. The fraction of sp³-hybridized carbons (Fsp3) is 0.333. The van der Waals surface area contributed by atoms with Crippen LogP contribution < -0.4 is 10.6 Å². The number of amides is 2. The Kier molecular flexibility index (Phi) is 6.29. The molecule has 5 heteroatoms. The van der Waals surface area contributed by atoms with Gasteiger partial charge >= 0.3 is 12.0 Å². The number of allylic oxidation sites excluding steroid dienone is 1. The second kappa shape index (κ2) is 7.99. The van der Waals surface area contributed by atoms with Crippen molar-refractivity contribution in [2.24, 2.45) is 5.92 Å². The number of carbonyl (C=O) groups is 2. The lowest BCUT2D eigenvalue weighted by atomic mass is 10.2. The monoisotopic (exact) mass is 276 g/mol. The van der Waals surface area contributed by atoms with Crippen LogP contribution in [0.3, 0.4) is 0 Å². The lowest BCUT2D eigenvalue weighted by Crippen LogP contribution is -2.23. The van der Waals surface area contributed by atoms with Crippen molar-refractivity contribution in [3.63, 3.8) is 0 Å². The number of benzene rings is 1. The molecule has 0 aromatic heterocycles. The van der Waals surface area contributed by atoms with Crippen LogP contribution >= 0.6 is 0 Å². The Balaban J connectivity index is 2.53. The third-order valence-electron chi connectivity index (χ3n) is 2.35. The van der Waals surface area contributed by atoms with Gasteiger partial charge in [-0.25, -0.2) is 9.59 Å². The number of ether oxygens (including phenoxy) is 1. The van der Waals surface area contributed by atoms with Gasteiger partial charge in [0.1, 0.15) is 0 Å². The predicted octanol–water partition coefficient (Wildman–Crippen LogP) is 3.15. The highest BCUT2D eigenvalue weighted by molar-refractivity contribution is 5.92. The van der Waals surface area contributed by atoms with Gasteiger partial charge in [0.05, 0.1) is 12.2 Å². The summed E-state index contributed by atoms with van der Waals surface area (Å²) in [6, 6.07) is 6.19. The van der Waals surface area contributed by atoms with Crippen molar-refractivity contribution in [1.82, 2.24) is 5.32 Å². The van der Waals surface area contributed by atoms with E-state index in [0.717, 1.165) is 0 Å². The molecule has 0 heterocycles. The van der Waals surface area contributed by atoms with Gasteiger partial charge in [0.2, 0.25) is 0 Å². The van der Waals surface area contributed by atoms with E-state index >= 15 is 0 Å². The van der Waals surface area contributed by atoms with Crippen molar-refractivity contribution >= 4 is 17.7 Å². The molecule has 0 aliphatic rings. The minimum absolute atomic E-state index is 0.328. The van der Waals surface area contributed by atoms with Gasteiger partial charge in [0, 0.05) is 11.9 Å². The number of anilines is 1. The number of esters is 1. The molecule has 5 nitrogen and oxygen atoms in total. The molecule has 108 valence electrons. The molecule has 0 radical (unpaired) electrons. The fourth-order valence-corrected chi connectivity index (χ4v) is 1.39. The summed E-state index contributed by atoms with van der Waals surface area (Å²) < 4.78 is 4.88. The Morgan fingerprint density at radius 2 is 1.90 bits per heavy atom. The molecule has 0 aliphatic carbocycles. The molecular formula is C15H20N2O3. The van der Waals surface area contributed by atoms with E-state index in [0.29, 0.717) is 23.8 Å². The zero-order chi connectivity index (χ0) is 15.0. The molecule has 0 fully saturated rings. The van der Waals surface area contributed by atoms with Crippen molar-refractivity contribution in [2.75, 3.05) is 11.9 Å². The summed E-state index contributed by atoms with van der Waals surface area (Å²) >= 11 is 0. The first-order valence-electron chi connectivity index (χ1n) is 6.54. The molecule has 2 amide bonds. The summed E-state index contributed by atoms with van der Waals surface area (Å²) in [5.41, 5.74) is 1.06. The highest BCUT2D eigenvalue weighted by Crippen LogP contribution is 2.10. The molecule has 0 atom stereocenters. The minimum atomic E-state index is -0.372. The van der Waals surface area contributed by atoms with E-state index in [2.05, 4.69) is 10.6 Å². The Bertz CT molecular complexity index is 478. The number of carbonyl (C=O) groups excluding carboxylic acids is 2. The van der Waals surface area contributed by atoms with Crippen LogP contribution in [0.5, 0.6) is 0 Å². The van der Waals surface area contributed by atoms with E-state index in [-0.39, 0.29) is 12.0 Å². The molecule has 0 aliphatic heterocycles. The summed E-state index contributed by atoms with van der Waals surface area (Å²) in [7, 11) is 0. The predicted molar refractivity (Wildman–Crippen MR) is 78.5 cm³/mol. The van der Waals surface area contributed by atoms with Crippen LogP contribution in [0.4, 0.5) is 10.5 Å². The zero-order valence-corrected chi connectivity index (χ0v) is 12.0. The molecule has 2 N–H and O–H groups in total. The van der Waals surface area contributed by atoms with Gasteiger partial charge < -0.3 is 15.4 Å². The first-order chi connectivity index (χ1) is 9.52. The Labute approximate surface area is 119 Å². The molecule has 0 saturated carbocycles. The lowest BCUT2D eigenvalue weighted by molar-refractivity contribution is 0.0526. The van der Waals surface area contributed by atoms with Gasteiger partial charge in [-0.05, 0) is 37.1 Å². The van der Waals surface area contributed by atoms with Crippen LogP contribution in [-0.4, -0.2) is 18.6 Å². The van der Waals surface area contributed by atoms with Crippen molar-refractivity contribution in [3.8, 4) is 0 Å². The zero-order valence-electron chi connectivity index (χ0n) is 12.0. The van der Waals surface area contributed by atoms with Crippen LogP contribution in [0.1, 0.15) is 31.1 Å². The van der Waals surface area contributed by atoms with Crippen molar-refractivity contribution in [2.45, 2.75) is 20.8 Å². The molecule has 1 aromatic rings. The molecule has 0 saturated heterocycles. The highest BCUT2D eigenvalue weighted by atomic mass is 16.5. The number of hydrogen-bond acceptors (Lipinski definition) is 3. The summed E-state index contributed by atoms with van der Waals surface area (Å²) in [4.78, 5) is 23.0. The lowest BCUT2D eigenvalue weighted by Gasteiger charge is -2.06. The van der Waals surface area contributed by atoms with Crippen LogP contribution in [0.25, 0.3) is 0 Å². The smallest absolute Gasteiger partial charge is 0.338 e. The average molecular weight is 276 g/mol.